The molecule has 90 valence electrons. The molecular formula is C9H11N4O3S+. The molecule has 0 aliphatic heterocycles. The Balaban J connectivity index is 2.35. The van der Waals surface area contributed by atoms with E-state index in [1.54, 1.807) is 11.0 Å². The van der Waals surface area contributed by atoms with Crippen molar-refractivity contribution >= 4 is 10.1 Å². The van der Waals surface area contributed by atoms with E-state index in [1.807, 2.05) is 6.92 Å². The number of nitrogens with zero attached hydrogens (tertiary/aromatic N) is 4. The van der Waals surface area contributed by atoms with Crippen LogP contribution in [0.4, 0.5) is 0 Å². The standard InChI is InChI=1S/C9H10N4O3S/c1-2-12-7-13(11-10-12)8-3-5-9(6-4-8)17(14,15)16/h3-7H,2H2,1H3/p+1. The topological polar surface area (TPSA) is 89.0 Å². The molecular weight excluding hydrogens is 244 g/mol. The molecule has 1 heterocycles. The number of benzene rings is 1. The van der Waals surface area contributed by atoms with Crippen LogP contribution in [-0.4, -0.2) is 28.1 Å². The van der Waals surface area contributed by atoms with Gasteiger partial charge in [-0.05, 0) is 31.2 Å². The number of hydrogen-bond donors (Lipinski definition) is 1. The molecule has 0 saturated carbocycles. The Hall–Kier alpha value is -1.80. The van der Waals surface area contributed by atoms with Gasteiger partial charge in [0, 0.05) is 0 Å². The molecule has 0 fully saturated rings. The molecule has 8 heteroatoms. The Kier molecular flexibility index (Phi) is 2.90. The lowest BCUT2D eigenvalue weighted by atomic mass is 10.3. The average Bonchev–Trinajstić information content (AvgIpc) is 2.76. The predicted molar refractivity (Wildman–Crippen MR) is 57.0 cm³/mol. The summed E-state index contributed by atoms with van der Waals surface area (Å²) in [6.45, 7) is 2.63. The van der Waals surface area contributed by atoms with E-state index in [0.717, 1.165) is 0 Å². The molecule has 0 amide bonds. The van der Waals surface area contributed by atoms with E-state index in [0.29, 0.717) is 12.2 Å². The maximum Gasteiger partial charge on any atom is 0.294 e. The van der Waals surface area contributed by atoms with E-state index in [1.165, 1.54) is 28.9 Å². The molecule has 1 aromatic carbocycles. The number of rotatable bonds is 3. The van der Waals surface area contributed by atoms with Crippen molar-refractivity contribution < 1.29 is 17.7 Å². The van der Waals surface area contributed by atoms with E-state index in [2.05, 4.69) is 10.4 Å². The van der Waals surface area contributed by atoms with E-state index < -0.39 is 10.1 Å². The molecule has 0 atom stereocenters. The second-order valence-corrected chi connectivity index (χ2v) is 4.79. The van der Waals surface area contributed by atoms with E-state index in [-0.39, 0.29) is 4.90 Å². The highest BCUT2D eigenvalue weighted by atomic mass is 32.2. The average molecular weight is 255 g/mol. The van der Waals surface area contributed by atoms with Gasteiger partial charge >= 0.3 is 0 Å². The van der Waals surface area contributed by atoms with Gasteiger partial charge in [0.05, 0.1) is 11.4 Å². The van der Waals surface area contributed by atoms with Gasteiger partial charge in [-0.2, -0.15) is 8.42 Å². The van der Waals surface area contributed by atoms with Gasteiger partial charge < -0.3 is 0 Å². The van der Waals surface area contributed by atoms with Gasteiger partial charge in [0.25, 0.3) is 10.1 Å². The third kappa shape index (κ3) is 2.48. The second-order valence-electron chi connectivity index (χ2n) is 3.36. The van der Waals surface area contributed by atoms with Crippen LogP contribution < -0.4 is 4.68 Å². The summed E-state index contributed by atoms with van der Waals surface area (Å²) in [5, 5.41) is 7.71. The van der Waals surface area contributed by atoms with Gasteiger partial charge in [0.2, 0.25) is 6.33 Å². The Labute approximate surface area is 98.0 Å². The van der Waals surface area contributed by atoms with Crippen LogP contribution in [0.2, 0.25) is 0 Å². The lowest BCUT2D eigenvalue weighted by Gasteiger charge is -1.96. The molecule has 2 rings (SSSR count). The maximum absolute atomic E-state index is 10.8. The molecule has 0 spiro atoms. The van der Waals surface area contributed by atoms with Gasteiger partial charge in [-0.15, -0.1) is 4.68 Å². The van der Waals surface area contributed by atoms with Crippen LogP contribution in [0.3, 0.4) is 0 Å². The van der Waals surface area contributed by atoms with Gasteiger partial charge in [-0.1, -0.05) is 4.68 Å². The zero-order valence-corrected chi connectivity index (χ0v) is 9.87. The van der Waals surface area contributed by atoms with Crippen molar-refractivity contribution in [2.24, 2.45) is 0 Å². The zero-order chi connectivity index (χ0) is 12.5. The number of hydrogen-bond acceptors (Lipinski definition) is 4. The largest absolute Gasteiger partial charge is 0.294 e. The predicted octanol–water partition coefficient (Wildman–Crippen LogP) is -0.179. The van der Waals surface area contributed by atoms with Crippen molar-refractivity contribution in [1.29, 1.82) is 0 Å². The minimum Gasteiger partial charge on any atom is -0.282 e. The Morgan fingerprint density at radius 2 is 2.00 bits per heavy atom. The summed E-state index contributed by atoms with van der Waals surface area (Å²) in [6.07, 6.45) is 1.68. The first-order chi connectivity index (χ1) is 8.00. The van der Waals surface area contributed by atoms with Crippen LogP contribution in [0.25, 0.3) is 5.69 Å². The van der Waals surface area contributed by atoms with Crippen molar-refractivity contribution in [3.63, 3.8) is 0 Å². The summed E-state index contributed by atoms with van der Waals surface area (Å²) >= 11 is 0. The molecule has 0 unspecified atom stereocenters. The first-order valence-electron chi connectivity index (χ1n) is 4.90. The van der Waals surface area contributed by atoms with E-state index in [4.69, 9.17) is 4.55 Å². The smallest absolute Gasteiger partial charge is 0.282 e. The van der Waals surface area contributed by atoms with Crippen molar-refractivity contribution in [1.82, 2.24) is 15.1 Å². The van der Waals surface area contributed by atoms with Crippen LogP contribution in [-0.2, 0) is 16.7 Å². The van der Waals surface area contributed by atoms with Gasteiger partial charge in [0.15, 0.2) is 5.21 Å². The fourth-order valence-corrected chi connectivity index (χ4v) is 1.78. The molecule has 17 heavy (non-hydrogen) atoms. The van der Waals surface area contributed by atoms with Crippen LogP contribution in [0.15, 0.2) is 35.5 Å². The molecule has 0 aliphatic carbocycles. The fourth-order valence-electron chi connectivity index (χ4n) is 1.30. The highest BCUT2D eigenvalue weighted by molar-refractivity contribution is 7.85. The van der Waals surface area contributed by atoms with Crippen molar-refractivity contribution in [2.75, 3.05) is 0 Å². The minimum atomic E-state index is -4.15. The van der Waals surface area contributed by atoms with E-state index >= 15 is 0 Å². The zero-order valence-electron chi connectivity index (χ0n) is 9.05. The molecule has 1 aromatic heterocycles. The number of aromatic nitrogens is 4. The second kappa shape index (κ2) is 4.22. The normalized spacial score (nSPS) is 11.6. The first-order valence-corrected chi connectivity index (χ1v) is 6.34. The molecule has 0 radical (unpaired) electrons. The Bertz CT molecular complexity index is 618. The summed E-state index contributed by atoms with van der Waals surface area (Å²) in [5.41, 5.74) is 0.664. The van der Waals surface area contributed by atoms with Crippen LogP contribution in [0.5, 0.6) is 0 Å². The monoisotopic (exact) mass is 255 g/mol. The number of aryl methyl sites for hydroxylation is 1. The lowest BCUT2D eigenvalue weighted by Crippen LogP contribution is -2.33. The van der Waals surface area contributed by atoms with E-state index in [9.17, 15) is 8.42 Å². The third-order valence-electron chi connectivity index (χ3n) is 2.22. The molecule has 0 saturated heterocycles. The summed E-state index contributed by atoms with van der Waals surface area (Å²) in [6, 6.07) is 5.70. The lowest BCUT2D eigenvalue weighted by molar-refractivity contribution is -0.751. The molecule has 2 aromatic rings. The molecule has 1 N–H and O–H groups in total. The van der Waals surface area contributed by atoms with Crippen molar-refractivity contribution in [2.45, 2.75) is 18.4 Å². The molecule has 0 aliphatic rings. The quantitative estimate of drug-likeness (QED) is 0.607. The van der Waals surface area contributed by atoms with Gasteiger partial charge in [0.1, 0.15) is 10.9 Å². The Morgan fingerprint density at radius 3 is 2.47 bits per heavy atom. The SMILES string of the molecule is CC[n+]1cn(-c2ccc(S(=O)(=O)O)cc2)nn1. The highest BCUT2D eigenvalue weighted by Crippen LogP contribution is 2.11. The Morgan fingerprint density at radius 1 is 1.35 bits per heavy atom. The summed E-state index contributed by atoms with van der Waals surface area (Å²) in [4.78, 5) is -0.148. The molecule has 0 bridgehead atoms. The summed E-state index contributed by atoms with van der Waals surface area (Å²) in [5.74, 6) is 0. The summed E-state index contributed by atoms with van der Waals surface area (Å²) in [7, 11) is -4.15. The van der Waals surface area contributed by atoms with Gasteiger partial charge in [-0.25, -0.2) is 0 Å². The first kappa shape index (κ1) is 11.7. The fraction of sp³-hybridized carbons (Fsp3) is 0.222. The minimum absolute atomic E-state index is 0.148. The van der Waals surface area contributed by atoms with Crippen LogP contribution >= 0.6 is 0 Å². The van der Waals surface area contributed by atoms with Crippen LogP contribution in [0, 0.1) is 0 Å². The third-order valence-corrected chi connectivity index (χ3v) is 3.08. The highest BCUT2D eigenvalue weighted by Gasteiger charge is 2.12. The molecule has 7 nitrogen and oxygen atoms in total. The maximum atomic E-state index is 10.8. The van der Waals surface area contributed by atoms with Crippen molar-refractivity contribution in [3.8, 4) is 5.69 Å². The summed E-state index contributed by atoms with van der Waals surface area (Å²) < 4.78 is 33.7. The number of tetrazole rings is 1. The van der Waals surface area contributed by atoms with Crippen LogP contribution in [0.1, 0.15) is 6.92 Å². The van der Waals surface area contributed by atoms with Gasteiger partial charge in [-0.3, -0.25) is 4.55 Å². The van der Waals surface area contributed by atoms with Crippen molar-refractivity contribution in [3.05, 3.63) is 30.6 Å².